The summed E-state index contributed by atoms with van der Waals surface area (Å²) in [5.74, 6) is -0.678. The van der Waals surface area contributed by atoms with Crippen LogP contribution in [0.5, 0.6) is 0 Å². The van der Waals surface area contributed by atoms with E-state index in [0.717, 1.165) is 48.4 Å². The lowest BCUT2D eigenvalue weighted by molar-refractivity contribution is -0.139. The van der Waals surface area contributed by atoms with Crippen LogP contribution in [0, 0.1) is 6.92 Å². The summed E-state index contributed by atoms with van der Waals surface area (Å²) < 4.78 is 6.33. The summed E-state index contributed by atoms with van der Waals surface area (Å²) in [4.78, 5) is 27.7. The zero-order valence-corrected chi connectivity index (χ0v) is 25.6. The molecule has 6 nitrogen and oxygen atoms in total. The van der Waals surface area contributed by atoms with Crippen molar-refractivity contribution >= 4 is 23.6 Å². The van der Waals surface area contributed by atoms with Crippen molar-refractivity contribution in [3.8, 4) is 11.1 Å². The molecular formula is C33H48N2O4S. The van der Waals surface area contributed by atoms with E-state index in [1.165, 1.54) is 38.5 Å². The van der Waals surface area contributed by atoms with Crippen molar-refractivity contribution in [3.05, 3.63) is 59.2 Å². The van der Waals surface area contributed by atoms with Crippen LogP contribution >= 0.6 is 11.8 Å². The topological polar surface area (TPSA) is 78.9 Å². The third-order valence-electron chi connectivity index (χ3n) is 7.94. The summed E-state index contributed by atoms with van der Waals surface area (Å²) in [5.41, 5.74) is 4.59. The zero-order valence-electron chi connectivity index (χ0n) is 24.8. The number of nitrogens with one attached hydrogen (secondary N) is 1. The van der Waals surface area contributed by atoms with Crippen molar-refractivity contribution < 1.29 is 19.4 Å². The van der Waals surface area contributed by atoms with Crippen LogP contribution in [0.25, 0.3) is 11.1 Å². The molecule has 1 aliphatic heterocycles. The number of hydrogen-bond donors (Lipinski definition) is 2. The van der Waals surface area contributed by atoms with Crippen LogP contribution in [-0.2, 0) is 16.1 Å². The van der Waals surface area contributed by atoms with E-state index in [2.05, 4.69) is 16.3 Å². The van der Waals surface area contributed by atoms with Gasteiger partial charge in [-0.25, -0.2) is 4.79 Å². The normalized spacial score (nSPS) is 18.6. The Hall–Kier alpha value is -2.35. The number of rotatable bonds is 12. The quantitative estimate of drug-likeness (QED) is 0.289. The number of benzene rings is 2. The summed E-state index contributed by atoms with van der Waals surface area (Å²) >= 11 is 1.57. The van der Waals surface area contributed by atoms with E-state index >= 15 is 0 Å². The molecular weight excluding hydrogens is 520 g/mol. The SMILES string of the molecule is CC.CSCCC(NC(=O)c1ccc(CN2CCCC2COC2CCCCC2)cc1-c1ccccc1C)C(=O)O. The summed E-state index contributed by atoms with van der Waals surface area (Å²) in [5, 5.41) is 12.4. The fourth-order valence-electron chi connectivity index (χ4n) is 5.72. The van der Waals surface area contributed by atoms with Gasteiger partial charge in [-0.2, -0.15) is 11.8 Å². The Balaban J connectivity index is 0.00000216. The van der Waals surface area contributed by atoms with Gasteiger partial charge in [0, 0.05) is 18.2 Å². The van der Waals surface area contributed by atoms with Crippen molar-refractivity contribution in [2.24, 2.45) is 0 Å². The Morgan fingerprint density at radius 3 is 2.50 bits per heavy atom. The molecule has 1 heterocycles. The maximum absolute atomic E-state index is 13.4. The van der Waals surface area contributed by atoms with E-state index in [1.54, 1.807) is 11.8 Å². The van der Waals surface area contributed by atoms with Crippen LogP contribution in [0.4, 0.5) is 0 Å². The van der Waals surface area contributed by atoms with Gasteiger partial charge in [0.2, 0.25) is 0 Å². The average molecular weight is 569 g/mol. The number of thioether (sulfide) groups is 1. The van der Waals surface area contributed by atoms with Crippen molar-refractivity contribution in [2.45, 2.75) is 96.9 Å². The first-order chi connectivity index (χ1) is 19.5. The standard InChI is InChI=1S/C31H42N2O4S.C2H6/c1-22-9-6-7-13-26(22)28-19-23(14-15-27(28)30(34)32-29(31(35)36)16-18-38-2)20-33-17-8-10-24(33)21-37-25-11-4-3-5-12-25;1-2/h6-7,9,13-15,19,24-25,29H,3-5,8,10-12,16-18,20-21H2,1-2H3,(H,32,34)(H,35,36);1-2H3. The third kappa shape index (κ3) is 9.08. The average Bonchev–Trinajstić information content (AvgIpc) is 3.42. The molecule has 1 saturated carbocycles. The molecule has 2 aromatic rings. The zero-order chi connectivity index (χ0) is 28.9. The second-order valence-corrected chi connectivity index (χ2v) is 11.7. The van der Waals surface area contributed by atoms with E-state index in [9.17, 15) is 14.7 Å². The lowest BCUT2D eigenvalue weighted by Gasteiger charge is -2.28. The lowest BCUT2D eigenvalue weighted by atomic mass is 9.93. The van der Waals surface area contributed by atoms with E-state index in [4.69, 9.17) is 4.74 Å². The molecule has 2 aliphatic rings. The number of ether oxygens (including phenoxy) is 1. The van der Waals surface area contributed by atoms with Crippen molar-refractivity contribution in [1.29, 1.82) is 0 Å². The second kappa shape index (κ2) is 16.8. The first-order valence-electron chi connectivity index (χ1n) is 15.0. The molecule has 2 N–H and O–H groups in total. The highest BCUT2D eigenvalue weighted by Gasteiger charge is 2.27. The monoisotopic (exact) mass is 568 g/mol. The number of carboxylic acids is 1. The lowest BCUT2D eigenvalue weighted by Crippen LogP contribution is -2.41. The summed E-state index contributed by atoms with van der Waals surface area (Å²) in [6.07, 6.45) is 11.4. The van der Waals surface area contributed by atoms with E-state index < -0.39 is 12.0 Å². The molecule has 0 radical (unpaired) electrons. The van der Waals surface area contributed by atoms with Crippen molar-refractivity contribution in [3.63, 3.8) is 0 Å². The third-order valence-corrected chi connectivity index (χ3v) is 8.58. The molecule has 2 atom stereocenters. The number of nitrogens with zero attached hydrogens (tertiary/aromatic N) is 1. The molecule has 2 aromatic carbocycles. The highest BCUT2D eigenvalue weighted by Crippen LogP contribution is 2.30. The van der Waals surface area contributed by atoms with Gasteiger partial charge < -0.3 is 15.2 Å². The van der Waals surface area contributed by atoms with E-state index in [-0.39, 0.29) is 5.91 Å². The number of aliphatic carboxylic acids is 1. The summed E-state index contributed by atoms with van der Waals surface area (Å²) in [6.45, 7) is 8.70. The molecule has 220 valence electrons. The summed E-state index contributed by atoms with van der Waals surface area (Å²) in [7, 11) is 0. The molecule has 0 aromatic heterocycles. The molecule has 2 fully saturated rings. The Kier molecular flexibility index (Phi) is 13.5. The fraction of sp³-hybridized carbons (Fsp3) is 0.576. The number of hydrogen-bond acceptors (Lipinski definition) is 5. The molecule has 0 bridgehead atoms. The molecule has 1 amide bonds. The van der Waals surface area contributed by atoms with E-state index in [0.29, 0.717) is 29.9 Å². The molecule has 4 rings (SSSR count). The molecule has 2 unspecified atom stereocenters. The van der Waals surface area contributed by atoms with Crippen LogP contribution in [0.3, 0.4) is 0 Å². The van der Waals surface area contributed by atoms with Gasteiger partial charge in [0.1, 0.15) is 6.04 Å². The van der Waals surface area contributed by atoms with Crippen LogP contribution < -0.4 is 5.32 Å². The number of carbonyl (C=O) groups is 2. The predicted molar refractivity (Wildman–Crippen MR) is 166 cm³/mol. The van der Waals surface area contributed by atoms with Gasteiger partial charge in [-0.05, 0) is 92.0 Å². The number of carboxylic acid groups (broad SMARTS) is 1. The van der Waals surface area contributed by atoms with Crippen LogP contribution in [0.15, 0.2) is 42.5 Å². The van der Waals surface area contributed by atoms with Gasteiger partial charge in [0.05, 0.1) is 12.7 Å². The minimum absolute atomic E-state index is 0.344. The number of carbonyl (C=O) groups excluding carboxylic acids is 1. The summed E-state index contributed by atoms with van der Waals surface area (Å²) in [6, 6.07) is 13.6. The van der Waals surface area contributed by atoms with Gasteiger partial charge in [-0.15, -0.1) is 0 Å². The fourth-order valence-corrected chi connectivity index (χ4v) is 6.19. The van der Waals surface area contributed by atoms with Crippen molar-refractivity contribution in [2.75, 3.05) is 25.2 Å². The minimum atomic E-state index is -1.00. The number of aryl methyl sites for hydroxylation is 1. The van der Waals surface area contributed by atoms with Gasteiger partial charge in [0.15, 0.2) is 0 Å². The van der Waals surface area contributed by atoms with Gasteiger partial charge in [-0.1, -0.05) is 63.4 Å². The highest BCUT2D eigenvalue weighted by atomic mass is 32.2. The van der Waals surface area contributed by atoms with E-state index in [1.807, 2.05) is 63.4 Å². The van der Waals surface area contributed by atoms with Gasteiger partial charge in [-0.3, -0.25) is 9.69 Å². The molecule has 0 spiro atoms. The minimum Gasteiger partial charge on any atom is -0.480 e. The van der Waals surface area contributed by atoms with Crippen molar-refractivity contribution in [1.82, 2.24) is 10.2 Å². The molecule has 40 heavy (non-hydrogen) atoms. The maximum Gasteiger partial charge on any atom is 0.326 e. The Bertz CT molecular complexity index is 1090. The Morgan fingerprint density at radius 1 is 1.05 bits per heavy atom. The first-order valence-corrected chi connectivity index (χ1v) is 16.4. The molecule has 7 heteroatoms. The van der Waals surface area contributed by atoms with Crippen LogP contribution in [-0.4, -0.2) is 65.2 Å². The smallest absolute Gasteiger partial charge is 0.326 e. The second-order valence-electron chi connectivity index (χ2n) is 10.7. The highest BCUT2D eigenvalue weighted by molar-refractivity contribution is 7.98. The Morgan fingerprint density at radius 2 is 1.80 bits per heavy atom. The molecule has 1 saturated heterocycles. The van der Waals surface area contributed by atoms with Gasteiger partial charge >= 0.3 is 5.97 Å². The number of likely N-dealkylation sites (tertiary alicyclic amines) is 1. The Labute approximate surface area is 245 Å². The molecule has 1 aliphatic carbocycles. The predicted octanol–water partition coefficient (Wildman–Crippen LogP) is 6.94. The number of amides is 1. The van der Waals surface area contributed by atoms with Gasteiger partial charge in [0.25, 0.3) is 5.91 Å². The van der Waals surface area contributed by atoms with Crippen LogP contribution in [0.2, 0.25) is 0 Å². The first kappa shape index (κ1) is 32.2. The maximum atomic E-state index is 13.4. The largest absolute Gasteiger partial charge is 0.480 e. The van der Waals surface area contributed by atoms with Crippen LogP contribution in [0.1, 0.15) is 86.7 Å².